The van der Waals surface area contributed by atoms with Gasteiger partial charge in [0.25, 0.3) is 0 Å². The first-order valence-electron chi connectivity index (χ1n) is 15.0. The van der Waals surface area contributed by atoms with E-state index in [1.165, 1.54) is 5.56 Å². The van der Waals surface area contributed by atoms with Crippen molar-refractivity contribution < 1.29 is 4.79 Å². The second kappa shape index (κ2) is 11.8. The molecule has 1 N–H and O–H groups in total. The maximum atomic E-state index is 12.7. The van der Waals surface area contributed by atoms with Crippen molar-refractivity contribution in [2.45, 2.75) is 32.9 Å². The number of hydrogen-bond donors (Lipinski definition) is 1. The lowest BCUT2D eigenvalue weighted by Crippen LogP contribution is -2.40. The van der Waals surface area contributed by atoms with Gasteiger partial charge in [0.05, 0.1) is 11.4 Å². The molecule has 0 spiro atoms. The number of pyridine rings is 1. The van der Waals surface area contributed by atoms with Crippen molar-refractivity contribution in [2.75, 3.05) is 13.1 Å². The smallest absolute Gasteiger partial charge is 0.223 e. The first-order valence-corrected chi connectivity index (χ1v) is 15.0. The zero-order valence-electron chi connectivity index (χ0n) is 24.3. The highest BCUT2D eigenvalue weighted by molar-refractivity contribution is 5.90. The number of nitrogens with zero attached hydrogens (tertiary/aromatic N) is 5. The summed E-state index contributed by atoms with van der Waals surface area (Å²) < 4.78 is 1.84. The number of amides is 1. The van der Waals surface area contributed by atoms with Gasteiger partial charge in [-0.1, -0.05) is 84.9 Å². The lowest BCUT2D eigenvalue weighted by molar-refractivity contribution is -0.126. The highest BCUT2D eigenvalue weighted by Crippen LogP contribution is 2.34. The third-order valence-corrected chi connectivity index (χ3v) is 8.37. The summed E-state index contributed by atoms with van der Waals surface area (Å²) in [7, 11) is 0. The fourth-order valence-electron chi connectivity index (χ4n) is 6.02. The van der Waals surface area contributed by atoms with Crippen molar-refractivity contribution in [3.05, 3.63) is 120 Å². The summed E-state index contributed by atoms with van der Waals surface area (Å²) in [5.41, 5.74) is 9.07. The number of nitrogens with one attached hydrogen (secondary N) is 1. The second-order valence-corrected chi connectivity index (χ2v) is 11.4. The summed E-state index contributed by atoms with van der Waals surface area (Å²) in [5.74, 6) is 0.251. The van der Waals surface area contributed by atoms with Crippen molar-refractivity contribution in [3.8, 4) is 22.4 Å². The molecule has 6 aromatic rings. The highest BCUT2D eigenvalue weighted by Gasteiger charge is 2.25. The lowest BCUT2D eigenvalue weighted by Gasteiger charge is -2.31. The van der Waals surface area contributed by atoms with Crippen molar-refractivity contribution in [2.24, 2.45) is 5.92 Å². The molecule has 7 nitrogen and oxygen atoms in total. The molecular formula is C36H34N6O. The van der Waals surface area contributed by atoms with Gasteiger partial charge in [-0.3, -0.25) is 9.69 Å². The molecule has 0 aliphatic carbocycles. The Morgan fingerprint density at radius 2 is 1.58 bits per heavy atom. The van der Waals surface area contributed by atoms with Crippen LogP contribution in [0.4, 0.5) is 0 Å². The molecule has 4 heterocycles. The largest absolute Gasteiger partial charge is 0.352 e. The molecule has 0 saturated carbocycles. The molecule has 0 atom stereocenters. The fraction of sp³-hybridized carbons (Fsp3) is 0.222. The predicted octanol–water partition coefficient (Wildman–Crippen LogP) is 6.45. The molecule has 43 heavy (non-hydrogen) atoms. The van der Waals surface area contributed by atoms with Crippen LogP contribution in [0, 0.1) is 12.8 Å². The van der Waals surface area contributed by atoms with Crippen molar-refractivity contribution in [3.63, 3.8) is 0 Å². The normalized spacial score (nSPS) is 14.3. The number of aryl methyl sites for hydroxylation is 1. The van der Waals surface area contributed by atoms with Crippen LogP contribution in [0.1, 0.15) is 29.7 Å². The Morgan fingerprint density at radius 1 is 0.860 bits per heavy atom. The van der Waals surface area contributed by atoms with E-state index in [9.17, 15) is 4.79 Å². The molecule has 1 fully saturated rings. The summed E-state index contributed by atoms with van der Waals surface area (Å²) >= 11 is 0. The van der Waals surface area contributed by atoms with Crippen LogP contribution in [0.25, 0.3) is 39.1 Å². The topological polar surface area (TPSA) is 75.4 Å². The van der Waals surface area contributed by atoms with Crippen molar-refractivity contribution in [1.82, 2.24) is 29.8 Å². The highest BCUT2D eigenvalue weighted by atomic mass is 16.1. The minimum Gasteiger partial charge on any atom is -0.352 e. The van der Waals surface area contributed by atoms with Crippen LogP contribution in [0.2, 0.25) is 0 Å². The fourth-order valence-corrected chi connectivity index (χ4v) is 6.02. The number of hydrogen-bond acceptors (Lipinski definition) is 5. The van der Waals surface area contributed by atoms with Crippen LogP contribution in [-0.2, 0) is 17.9 Å². The van der Waals surface area contributed by atoms with E-state index in [-0.39, 0.29) is 11.8 Å². The Labute approximate surface area is 251 Å². The quantitative estimate of drug-likeness (QED) is 0.240. The van der Waals surface area contributed by atoms with Crippen LogP contribution in [-0.4, -0.2) is 43.5 Å². The number of likely N-dealkylation sites (tertiary alicyclic amines) is 1. The number of piperidine rings is 1. The van der Waals surface area contributed by atoms with Crippen LogP contribution >= 0.6 is 0 Å². The molecule has 214 valence electrons. The summed E-state index contributed by atoms with van der Waals surface area (Å²) in [6, 6.07) is 33.4. The van der Waals surface area contributed by atoms with Crippen LogP contribution in [0.5, 0.6) is 0 Å². The van der Waals surface area contributed by atoms with Gasteiger partial charge in [0.1, 0.15) is 0 Å². The van der Waals surface area contributed by atoms with Gasteiger partial charge < -0.3 is 5.32 Å². The molecule has 0 unspecified atom stereocenters. The van der Waals surface area contributed by atoms with E-state index in [1.807, 2.05) is 60.1 Å². The lowest BCUT2D eigenvalue weighted by atomic mass is 9.95. The van der Waals surface area contributed by atoms with E-state index in [0.29, 0.717) is 6.54 Å². The van der Waals surface area contributed by atoms with Crippen molar-refractivity contribution in [1.29, 1.82) is 0 Å². The summed E-state index contributed by atoms with van der Waals surface area (Å²) in [6.45, 7) is 5.27. The van der Waals surface area contributed by atoms with Crippen LogP contribution in [0.15, 0.2) is 103 Å². The monoisotopic (exact) mass is 566 g/mol. The van der Waals surface area contributed by atoms with E-state index in [2.05, 4.69) is 74.9 Å². The number of carbonyl (C=O) groups is 1. The van der Waals surface area contributed by atoms with Gasteiger partial charge in [0.15, 0.2) is 11.3 Å². The van der Waals surface area contributed by atoms with E-state index < -0.39 is 0 Å². The Hall–Kier alpha value is -4.88. The molecule has 0 radical (unpaired) electrons. The molecule has 1 saturated heterocycles. The third-order valence-electron chi connectivity index (χ3n) is 8.37. The summed E-state index contributed by atoms with van der Waals surface area (Å²) in [4.78, 5) is 25.0. The van der Waals surface area contributed by atoms with Crippen molar-refractivity contribution >= 4 is 22.6 Å². The van der Waals surface area contributed by atoms with Crippen LogP contribution < -0.4 is 5.32 Å². The van der Waals surface area contributed by atoms with Gasteiger partial charge in [-0.25, -0.2) is 9.97 Å². The van der Waals surface area contributed by atoms with Gasteiger partial charge in [-0.05, 0) is 55.6 Å². The maximum Gasteiger partial charge on any atom is 0.223 e. The van der Waals surface area contributed by atoms with Gasteiger partial charge in [0, 0.05) is 47.8 Å². The number of fused-ring (bicyclic) bond motifs is 3. The molecule has 3 aromatic heterocycles. The van der Waals surface area contributed by atoms with E-state index in [4.69, 9.17) is 4.98 Å². The Balaban J connectivity index is 1.07. The van der Waals surface area contributed by atoms with Gasteiger partial charge in [0.2, 0.25) is 5.91 Å². The summed E-state index contributed by atoms with van der Waals surface area (Å²) in [6.07, 6.45) is 3.65. The van der Waals surface area contributed by atoms with E-state index in [0.717, 1.165) is 82.8 Å². The SMILES string of the molecule is Cc1cc2ncc3cc(-c4ccccc4)c(-c4ccc(CN5CCC(C(=O)NCc6ccccc6)CC5)cc4)nc3n2n1. The Kier molecular flexibility index (Phi) is 7.39. The first kappa shape index (κ1) is 27.0. The minimum absolute atomic E-state index is 0.0814. The molecule has 1 amide bonds. The van der Waals surface area contributed by atoms with Gasteiger partial charge in [-0.15, -0.1) is 0 Å². The van der Waals surface area contributed by atoms with Gasteiger partial charge >= 0.3 is 0 Å². The molecule has 1 aliphatic rings. The van der Waals surface area contributed by atoms with E-state index >= 15 is 0 Å². The van der Waals surface area contributed by atoms with E-state index in [1.54, 1.807) is 0 Å². The molecule has 0 bridgehead atoms. The van der Waals surface area contributed by atoms with Crippen LogP contribution in [0.3, 0.4) is 0 Å². The van der Waals surface area contributed by atoms with Gasteiger partial charge in [-0.2, -0.15) is 9.61 Å². The molecule has 7 rings (SSSR count). The average molecular weight is 567 g/mol. The second-order valence-electron chi connectivity index (χ2n) is 11.4. The number of benzene rings is 3. The number of aromatic nitrogens is 4. The molecule has 1 aliphatic heterocycles. The number of carbonyl (C=O) groups excluding carboxylic acids is 1. The number of rotatable bonds is 7. The average Bonchev–Trinajstić information content (AvgIpc) is 3.45. The molecule has 3 aromatic carbocycles. The summed E-state index contributed by atoms with van der Waals surface area (Å²) in [5, 5.41) is 8.73. The minimum atomic E-state index is 0.0814. The molecule has 7 heteroatoms. The third kappa shape index (κ3) is 5.76. The predicted molar refractivity (Wildman–Crippen MR) is 170 cm³/mol. The zero-order valence-corrected chi connectivity index (χ0v) is 24.3. The Morgan fingerprint density at radius 3 is 2.33 bits per heavy atom. The molecular weight excluding hydrogens is 532 g/mol. The zero-order chi connectivity index (χ0) is 29.2. The first-order chi connectivity index (χ1) is 21.1. The standard InChI is InChI=1S/C36H34N6O/c1-25-20-33-37-23-31-21-32(28-10-6-3-7-11-28)34(39-35(31)42(33)40-25)29-14-12-27(13-15-29)24-41-18-16-30(17-19-41)36(43)38-22-26-8-4-2-5-9-26/h2-15,20-21,23,30H,16-19,22,24H2,1H3,(H,38,43). The Bertz CT molecular complexity index is 1870. The maximum absolute atomic E-state index is 12.7.